The number of benzene rings is 2. The number of hydrogen-bond donors (Lipinski definition) is 0. The zero-order chi connectivity index (χ0) is 13.8. The predicted octanol–water partition coefficient (Wildman–Crippen LogP) is 3.29. The SMILES string of the molecule is COC(=O)Cc1cc(SC)c2cc(OC)ccc2c1. The second kappa shape index (κ2) is 5.97. The third kappa shape index (κ3) is 3.01. The van der Waals surface area contributed by atoms with Gasteiger partial charge in [0.2, 0.25) is 0 Å². The number of hydrogen-bond acceptors (Lipinski definition) is 4. The number of esters is 1. The molecule has 0 radical (unpaired) electrons. The highest BCUT2D eigenvalue weighted by Crippen LogP contribution is 2.31. The second-order valence-electron chi connectivity index (χ2n) is 4.14. The van der Waals surface area contributed by atoms with Crippen molar-refractivity contribution in [2.24, 2.45) is 0 Å². The van der Waals surface area contributed by atoms with Gasteiger partial charge >= 0.3 is 5.97 Å². The first-order valence-corrected chi connectivity index (χ1v) is 7.12. The van der Waals surface area contributed by atoms with Crippen LogP contribution in [0.3, 0.4) is 0 Å². The number of carbonyl (C=O) groups is 1. The van der Waals surface area contributed by atoms with Gasteiger partial charge in [-0.25, -0.2) is 0 Å². The lowest BCUT2D eigenvalue weighted by molar-refractivity contribution is -0.139. The van der Waals surface area contributed by atoms with E-state index in [-0.39, 0.29) is 5.97 Å². The monoisotopic (exact) mass is 276 g/mol. The zero-order valence-electron chi connectivity index (χ0n) is 11.2. The van der Waals surface area contributed by atoms with Crippen molar-refractivity contribution in [1.82, 2.24) is 0 Å². The van der Waals surface area contributed by atoms with E-state index in [1.807, 2.05) is 36.6 Å². The Bertz CT molecular complexity index is 608. The van der Waals surface area contributed by atoms with Crippen LogP contribution in [-0.2, 0) is 16.0 Å². The maximum atomic E-state index is 11.4. The van der Waals surface area contributed by atoms with Crippen molar-refractivity contribution in [2.45, 2.75) is 11.3 Å². The Labute approximate surface area is 116 Å². The van der Waals surface area contributed by atoms with Gasteiger partial charge in [0.25, 0.3) is 0 Å². The van der Waals surface area contributed by atoms with Gasteiger partial charge < -0.3 is 9.47 Å². The van der Waals surface area contributed by atoms with Crippen molar-refractivity contribution in [3.05, 3.63) is 35.9 Å². The first-order chi connectivity index (χ1) is 9.17. The van der Waals surface area contributed by atoms with E-state index in [9.17, 15) is 4.79 Å². The van der Waals surface area contributed by atoms with Crippen molar-refractivity contribution in [3.63, 3.8) is 0 Å². The molecule has 0 aliphatic rings. The summed E-state index contributed by atoms with van der Waals surface area (Å²) in [6.07, 6.45) is 2.32. The fourth-order valence-electron chi connectivity index (χ4n) is 2.00. The first-order valence-electron chi connectivity index (χ1n) is 5.89. The van der Waals surface area contributed by atoms with Crippen molar-refractivity contribution in [2.75, 3.05) is 20.5 Å². The predicted molar refractivity (Wildman–Crippen MR) is 78.0 cm³/mol. The van der Waals surface area contributed by atoms with E-state index in [0.717, 1.165) is 27.0 Å². The molecule has 100 valence electrons. The molecule has 0 unspecified atom stereocenters. The smallest absolute Gasteiger partial charge is 0.309 e. The number of rotatable bonds is 4. The van der Waals surface area contributed by atoms with Crippen LogP contribution in [0, 0.1) is 0 Å². The summed E-state index contributed by atoms with van der Waals surface area (Å²) in [5.41, 5.74) is 0.967. The van der Waals surface area contributed by atoms with Gasteiger partial charge in [0.15, 0.2) is 0 Å². The maximum Gasteiger partial charge on any atom is 0.309 e. The molecule has 2 rings (SSSR count). The Morgan fingerprint density at radius 1 is 1.21 bits per heavy atom. The topological polar surface area (TPSA) is 35.5 Å². The van der Waals surface area contributed by atoms with Crippen molar-refractivity contribution >= 4 is 28.5 Å². The summed E-state index contributed by atoms with van der Waals surface area (Å²) < 4.78 is 9.96. The lowest BCUT2D eigenvalue weighted by Gasteiger charge is -2.09. The zero-order valence-corrected chi connectivity index (χ0v) is 12.0. The van der Waals surface area contributed by atoms with Gasteiger partial charge in [-0.2, -0.15) is 0 Å². The van der Waals surface area contributed by atoms with Crippen LogP contribution in [0.4, 0.5) is 0 Å². The Kier molecular flexibility index (Phi) is 4.32. The minimum absolute atomic E-state index is 0.222. The molecule has 0 heterocycles. The minimum atomic E-state index is -0.222. The molecule has 19 heavy (non-hydrogen) atoms. The van der Waals surface area contributed by atoms with Crippen LogP contribution in [0.1, 0.15) is 5.56 Å². The van der Waals surface area contributed by atoms with Gasteiger partial charge in [-0.3, -0.25) is 4.79 Å². The second-order valence-corrected chi connectivity index (χ2v) is 4.99. The average Bonchev–Trinajstić information content (AvgIpc) is 2.45. The molecular formula is C15H16O3S. The van der Waals surface area contributed by atoms with E-state index < -0.39 is 0 Å². The summed E-state index contributed by atoms with van der Waals surface area (Å²) in [6, 6.07) is 10.0. The van der Waals surface area contributed by atoms with E-state index in [0.29, 0.717) is 6.42 Å². The number of ether oxygens (including phenoxy) is 2. The first kappa shape index (κ1) is 13.7. The molecule has 0 amide bonds. The molecule has 0 N–H and O–H groups in total. The summed E-state index contributed by atoms with van der Waals surface area (Å²) in [5, 5.41) is 2.24. The Morgan fingerprint density at radius 3 is 2.63 bits per heavy atom. The van der Waals surface area contributed by atoms with E-state index in [1.165, 1.54) is 7.11 Å². The molecule has 0 saturated heterocycles. The van der Waals surface area contributed by atoms with Gasteiger partial charge in [0, 0.05) is 4.90 Å². The van der Waals surface area contributed by atoms with Gasteiger partial charge in [-0.1, -0.05) is 12.1 Å². The van der Waals surface area contributed by atoms with Gasteiger partial charge in [-0.05, 0) is 40.8 Å². The Hall–Kier alpha value is -1.68. The molecular weight excluding hydrogens is 260 g/mol. The Balaban J connectivity index is 2.51. The van der Waals surface area contributed by atoms with Crippen molar-refractivity contribution < 1.29 is 14.3 Å². The maximum absolute atomic E-state index is 11.4. The third-order valence-corrected chi connectivity index (χ3v) is 3.76. The standard InChI is InChI=1S/C15H16O3S/c1-17-12-5-4-11-6-10(8-15(16)18-2)7-14(19-3)13(11)9-12/h4-7,9H,8H2,1-3H3. The minimum Gasteiger partial charge on any atom is -0.497 e. The van der Waals surface area contributed by atoms with Crippen molar-refractivity contribution in [3.8, 4) is 5.75 Å². The largest absolute Gasteiger partial charge is 0.497 e. The lowest BCUT2D eigenvalue weighted by atomic mass is 10.0. The molecule has 2 aromatic rings. The van der Waals surface area contributed by atoms with Gasteiger partial charge in [-0.15, -0.1) is 11.8 Å². The highest BCUT2D eigenvalue weighted by Gasteiger charge is 2.08. The molecule has 0 bridgehead atoms. The van der Waals surface area contributed by atoms with Crippen LogP contribution in [0.25, 0.3) is 10.8 Å². The summed E-state index contributed by atoms with van der Waals surface area (Å²) >= 11 is 1.66. The van der Waals surface area contributed by atoms with E-state index >= 15 is 0 Å². The van der Waals surface area contributed by atoms with Crippen LogP contribution in [0.5, 0.6) is 5.75 Å². The summed E-state index contributed by atoms with van der Waals surface area (Å²) in [4.78, 5) is 12.5. The molecule has 0 fully saturated rings. The number of fused-ring (bicyclic) bond motifs is 1. The quantitative estimate of drug-likeness (QED) is 0.634. The molecule has 4 heteroatoms. The number of methoxy groups -OCH3 is 2. The van der Waals surface area contributed by atoms with E-state index in [1.54, 1.807) is 18.9 Å². The molecule has 0 spiro atoms. The molecule has 3 nitrogen and oxygen atoms in total. The fraction of sp³-hybridized carbons (Fsp3) is 0.267. The van der Waals surface area contributed by atoms with Crippen LogP contribution in [0.15, 0.2) is 35.2 Å². The highest BCUT2D eigenvalue weighted by atomic mass is 32.2. The highest BCUT2D eigenvalue weighted by molar-refractivity contribution is 7.98. The fourth-order valence-corrected chi connectivity index (χ4v) is 2.66. The molecule has 2 aromatic carbocycles. The van der Waals surface area contributed by atoms with E-state index in [2.05, 4.69) is 0 Å². The van der Waals surface area contributed by atoms with Crippen LogP contribution in [0.2, 0.25) is 0 Å². The van der Waals surface area contributed by atoms with Gasteiger partial charge in [0.05, 0.1) is 20.6 Å². The normalized spacial score (nSPS) is 10.5. The van der Waals surface area contributed by atoms with Crippen LogP contribution < -0.4 is 4.74 Å². The molecule has 0 aromatic heterocycles. The molecule has 0 aliphatic carbocycles. The summed E-state index contributed by atoms with van der Waals surface area (Å²) in [5.74, 6) is 0.614. The third-order valence-electron chi connectivity index (χ3n) is 2.98. The van der Waals surface area contributed by atoms with Crippen LogP contribution in [-0.4, -0.2) is 26.4 Å². The average molecular weight is 276 g/mol. The molecule has 0 atom stereocenters. The van der Waals surface area contributed by atoms with E-state index in [4.69, 9.17) is 9.47 Å². The summed E-state index contributed by atoms with van der Waals surface area (Å²) in [6.45, 7) is 0. The lowest BCUT2D eigenvalue weighted by Crippen LogP contribution is -2.04. The molecule has 0 aliphatic heterocycles. The number of carbonyl (C=O) groups excluding carboxylic acids is 1. The Morgan fingerprint density at radius 2 is 2.00 bits per heavy atom. The summed E-state index contributed by atoms with van der Waals surface area (Å²) in [7, 11) is 3.06. The van der Waals surface area contributed by atoms with Gasteiger partial charge in [0.1, 0.15) is 5.75 Å². The molecule has 0 saturated carbocycles. The van der Waals surface area contributed by atoms with Crippen molar-refractivity contribution in [1.29, 1.82) is 0 Å². The number of thioether (sulfide) groups is 1. The van der Waals surface area contributed by atoms with Crippen LogP contribution >= 0.6 is 11.8 Å².